The molecule has 0 aromatic heterocycles. The van der Waals surface area contributed by atoms with Crippen LogP contribution in [0.25, 0.3) is 0 Å². The van der Waals surface area contributed by atoms with Crippen LogP contribution in [-0.4, -0.2) is 24.8 Å². The second kappa shape index (κ2) is 8.42. The van der Waals surface area contributed by atoms with Gasteiger partial charge in [0.25, 0.3) is 0 Å². The Bertz CT molecular complexity index is 593. The normalized spacial score (nSPS) is 13.6. The van der Waals surface area contributed by atoms with Crippen LogP contribution in [-0.2, 0) is 9.53 Å². The molecule has 7 nitrogen and oxygen atoms in total. The maximum absolute atomic E-state index is 11.8. The number of hydrogen-bond donors (Lipinski definition) is 2. The summed E-state index contributed by atoms with van der Waals surface area (Å²) >= 11 is 0. The van der Waals surface area contributed by atoms with Crippen molar-refractivity contribution in [1.82, 2.24) is 5.43 Å². The van der Waals surface area contributed by atoms with E-state index >= 15 is 0 Å². The van der Waals surface area contributed by atoms with E-state index in [1.54, 1.807) is 6.92 Å². The van der Waals surface area contributed by atoms with Crippen molar-refractivity contribution in [3.05, 3.63) is 35.9 Å². The summed E-state index contributed by atoms with van der Waals surface area (Å²) in [4.78, 5) is 22.5. The lowest BCUT2D eigenvalue weighted by molar-refractivity contribution is -0.144. The highest BCUT2D eigenvalue weighted by Crippen LogP contribution is 2.29. The van der Waals surface area contributed by atoms with Gasteiger partial charge in [-0.1, -0.05) is 30.3 Å². The number of hydrogen-bond acceptors (Lipinski definition) is 5. The molecule has 0 aliphatic heterocycles. The molecule has 0 fully saturated rings. The smallest absolute Gasteiger partial charge is 0.332 e. The molecule has 2 atom stereocenters. The number of esters is 1. The van der Waals surface area contributed by atoms with Crippen LogP contribution in [0.1, 0.15) is 24.8 Å². The minimum atomic E-state index is -0.967. The number of nitrogens with one attached hydrogen (secondary N) is 1. The predicted octanol–water partition coefficient (Wildman–Crippen LogP) is 1.52. The zero-order chi connectivity index (χ0) is 16.5. The molecule has 0 saturated heterocycles. The number of ether oxygens (including phenoxy) is 1. The number of nitrogens with two attached hydrogens (primary N) is 1. The lowest BCUT2D eigenvalue weighted by Gasteiger charge is -2.20. The van der Waals surface area contributed by atoms with Crippen LogP contribution in [0.4, 0.5) is 4.79 Å². The Labute approximate surface area is 128 Å². The van der Waals surface area contributed by atoms with E-state index in [0.717, 1.165) is 5.56 Å². The van der Waals surface area contributed by atoms with Crippen molar-refractivity contribution in [1.29, 1.82) is 5.26 Å². The minimum Gasteiger partial charge on any atom is -0.468 e. The molecule has 1 rings (SSSR count). The molecule has 0 aliphatic rings. The van der Waals surface area contributed by atoms with Crippen LogP contribution in [0.2, 0.25) is 0 Å². The van der Waals surface area contributed by atoms with Crippen molar-refractivity contribution in [2.24, 2.45) is 16.8 Å². The first kappa shape index (κ1) is 17.2. The Balaban J connectivity index is 3.07. The fourth-order valence-corrected chi connectivity index (χ4v) is 2.08. The molecule has 0 heterocycles. The van der Waals surface area contributed by atoms with Gasteiger partial charge in [-0.2, -0.15) is 10.4 Å². The largest absolute Gasteiger partial charge is 0.468 e. The molecule has 0 bridgehead atoms. The summed E-state index contributed by atoms with van der Waals surface area (Å²) in [7, 11) is 1.24. The highest BCUT2D eigenvalue weighted by molar-refractivity contribution is 5.86. The molecule has 22 heavy (non-hydrogen) atoms. The number of carbonyl (C=O) groups excluding carboxylic acids is 2. The van der Waals surface area contributed by atoms with Gasteiger partial charge in [-0.15, -0.1) is 0 Å². The highest BCUT2D eigenvalue weighted by atomic mass is 16.5. The van der Waals surface area contributed by atoms with Gasteiger partial charge in [-0.05, 0) is 18.9 Å². The van der Waals surface area contributed by atoms with E-state index < -0.39 is 23.8 Å². The standard InChI is InChI=1S/C15H18N4O3/c1-10(18-19-15(17)21)8-12(11-6-4-3-5-7-11)13(9-16)14(20)22-2/h3-7,12-13H,8H2,1-2H3,(H3,17,19,21). The molecule has 1 aromatic rings. The van der Waals surface area contributed by atoms with Gasteiger partial charge in [0.1, 0.15) is 0 Å². The zero-order valence-corrected chi connectivity index (χ0v) is 12.4. The number of methoxy groups -OCH3 is 1. The monoisotopic (exact) mass is 302 g/mol. The average Bonchev–Trinajstić information content (AvgIpc) is 2.53. The fourth-order valence-electron chi connectivity index (χ4n) is 2.08. The molecule has 0 saturated carbocycles. The highest BCUT2D eigenvalue weighted by Gasteiger charge is 2.31. The number of benzene rings is 1. The van der Waals surface area contributed by atoms with Crippen LogP contribution in [0.3, 0.4) is 0 Å². The van der Waals surface area contributed by atoms with Gasteiger partial charge in [0, 0.05) is 11.6 Å². The topological polar surface area (TPSA) is 118 Å². The van der Waals surface area contributed by atoms with Gasteiger partial charge in [-0.3, -0.25) is 4.79 Å². The van der Waals surface area contributed by atoms with Gasteiger partial charge in [0.05, 0.1) is 13.2 Å². The third-order valence-corrected chi connectivity index (χ3v) is 3.10. The first-order valence-electron chi connectivity index (χ1n) is 6.60. The van der Waals surface area contributed by atoms with Gasteiger partial charge >= 0.3 is 12.0 Å². The SMILES string of the molecule is COC(=O)C(C#N)C(CC(C)=NNC(N)=O)c1ccccc1. The number of nitrogens with zero attached hydrogens (tertiary/aromatic N) is 2. The van der Waals surface area contributed by atoms with Gasteiger partial charge < -0.3 is 10.5 Å². The van der Waals surface area contributed by atoms with Crippen LogP contribution in [0, 0.1) is 17.2 Å². The Hall–Kier alpha value is -2.88. The number of amides is 2. The summed E-state index contributed by atoms with van der Waals surface area (Å²) in [6.07, 6.45) is 0.303. The molecule has 2 amide bonds. The van der Waals surface area contributed by atoms with Gasteiger partial charge in [-0.25, -0.2) is 10.2 Å². The number of carbonyl (C=O) groups is 2. The molecular weight excluding hydrogens is 284 g/mol. The maximum atomic E-state index is 11.8. The molecule has 0 spiro atoms. The lowest BCUT2D eigenvalue weighted by Crippen LogP contribution is -2.27. The van der Waals surface area contributed by atoms with E-state index in [4.69, 9.17) is 10.5 Å². The first-order chi connectivity index (χ1) is 10.5. The number of urea groups is 1. The third-order valence-electron chi connectivity index (χ3n) is 3.10. The molecular formula is C15H18N4O3. The zero-order valence-electron chi connectivity index (χ0n) is 12.4. The fraction of sp³-hybridized carbons (Fsp3) is 0.333. The first-order valence-corrected chi connectivity index (χ1v) is 6.60. The summed E-state index contributed by atoms with van der Waals surface area (Å²) in [5.41, 5.74) is 8.44. The Morgan fingerprint density at radius 1 is 1.41 bits per heavy atom. The molecule has 0 aliphatic carbocycles. The summed E-state index contributed by atoms with van der Waals surface area (Å²) < 4.78 is 4.69. The molecule has 7 heteroatoms. The molecule has 3 N–H and O–H groups in total. The van der Waals surface area contributed by atoms with E-state index in [9.17, 15) is 14.9 Å². The van der Waals surface area contributed by atoms with Crippen molar-refractivity contribution < 1.29 is 14.3 Å². The van der Waals surface area contributed by atoms with Crippen molar-refractivity contribution >= 4 is 17.7 Å². The number of hydrazone groups is 1. The molecule has 116 valence electrons. The molecule has 1 aromatic carbocycles. The Morgan fingerprint density at radius 2 is 2.05 bits per heavy atom. The summed E-state index contributed by atoms with van der Waals surface area (Å²) in [5, 5.41) is 13.1. The van der Waals surface area contributed by atoms with E-state index in [1.165, 1.54) is 7.11 Å². The summed E-state index contributed by atoms with van der Waals surface area (Å²) in [6, 6.07) is 10.3. The van der Waals surface area contributed by atoms with Crippen molar-refractivity contribution in [3.8, 4) is 6.07 Å². The molecule has 0 radical (unpaired) electrons. The molecule has 2 unspecified atom stereocenters. The average molecular weight is 302 g/mol. The predicted molar refractivity (Wildman–Crippen MR) is 80.7 cm³/mol. The quantitative estimate of drug-likeness (QED) is 0.470. The second-order valence-electron chi connectivity index (χ2n) is 4.67. The minimum absolute atomic E-state index is 0.303. The summed E-state index contributed by atoms with van der Waals surface area (Å²) in [6.45, 7) is 1.68. The number of rotatable bonds is 6. The van der Waals surface area contributed by atoms with Crippen LogP contribution >= 0.6 is 0 Å². The van der Waals surface area contributed by atoms with Crippen LogP contribution in [0.15, 0.2) is 35.4 Å². The van der Waals surface area contributed by atoms with E-state index in [2.05, 4.69) is 10.5 Å². The van der Waals surface area contributed by atoms with E-state index in [-0.39, 0.29) is 0 Å². The second-order valence-corrected chi connectivity index (χ2v) is 4.67. The van der Waals surface area contributed by atoms with Crippen molar-refractivity contribution in [2.75, 3.05) is 7.11 Å². The summed E-state index contributed by atoms with van der Waals surface area (Å²) in [5.74, 6) is -2.00. The van der Waals surface area contributed by atoms with Gasteiger partial charge in [0.15, 0.2) is 5.92 Å². The lowest BCUT2D eigenvalue weighted by atomic mass is 9.83. The maximum Gasteiger partial charge on any atom is 0.332 e. The van der Waals surface area contributed by atoms with Crippen LogP contribution in [0.5, 0.6) is 0 Å². The van der Waals surface area contributed by atoms with Gasteiger partial charge in [0.2, 0.25) is 0 Å². The Kier molecular flexibility index (Phi) is 6.57. The van der Waals surface area contributed by atoms with E-state index in [1.807, 2.05) is 36.4 Å². The number of nitriles is 1. The van der Waals surface area contributed by atoms with E-state index in [0.29, 0.717) is 12.1 Å². The Morgan fingerprint density at radius 3 is 2.55 bits per heavy atom. The number of primary amides is 1. The van der Waals surface area contributed by atoms with Crippen molar-refractivity contribution in [2.45, 2.75) is 19.3 Å². The third kappa shape index (κ3) is 4.90. The van der Waals surface area contributed by atoms with Crippen molar-refractivity contribution in [3.63, 3.8) is 0 Å². The van der Waals surface area contributed by atoms with Crippen LogP contribution < -0.4 is 11.2 Å².